The van der Waals surface area contributed by atoms with Crippen molar-refractivity contribution in [1.29, 1.82) is 0 Å². The number of nitrogens with one attached hydrogen (secondary N) is 3. The molecule has 0 spiro atoms. The maximum Gasteiger partial charge on any atom is 0.408 e. The number of primary amides is 1. The minimum absolute atomic E-state index is 0.0135. The minimum Gasteiger partial charge on any atom is -0.445 e. The fourth-order valence-corrected chi connectivity index (χ4v) is 6.49. The standard InChI is InChI=1S/C37H50N4O12/c1-22-16-27(39-15-14-30(38)43)31(44)28(17-22)51-35-32(45)33(29(19-42)52-35)53-34-26(41-37(47)49-21-24-10-6-3-7-11-24)13-12-25(50-34)18-40-36(46)48-20-23-8-4-2-5-9-23/h2-13,22,25-29,31-35,39,42,44-45H,14-21H2,1H3,(H2,38,43)(H,40,46)(H,41,47). The number of benzene rings is 2. The number of hydrogen-bond donors (Lipinski definition) is 7. The van der Waals surface area contributed by atoms with Crippen molar-refractivity contribution in [3.8, 4) is 0 Å². The molecule has 2 aromatic rings. The van der Waals surface area contributed by atoms with Gasteiger partial charge in [0.05, 0.1) is 31.5 Å². The molecule has 1 aliphatic carbocycles. The van der Waals surface area contributed by atoms with Crippen molar-refractivity contribution in [3.05, 3.63) is 83.9 Å². The van der Waals surface area contributed by atoms with Crippen LogP contribution in [0.25, 0.3) is 0 Å². The van der Waals surface area contributed by atoms with Crippen molar-refractivity contribution >= 4 is 18.1 Å². The summed E-state index contributed by atoms with van der Waals surface area (Å²) in [6.45, 7) is 1.81. The van der Waals surface area contributed by atoms with E-state index < -0.39 is 79.9 Å². The highest BCUT2D eigenvalue weighted by Gasteiger charge is 2.50. The largest absolute Gasteiger partial charge is 0.445 e. The molecule has 2 aliphatic heterocycles. The number of amides is 3. The average Bonchev–Trinajstić information content (AvgIpc) is 3.45. The molecule has 1 saturated heterocycles. The van der Waals surface area contributed by atoms with E-state index in [0.29, 0.717) is 12.8 Å². The maximum absolute atomic E-state index is 12.9. The Hall–Kier alpha value is -4.13. The maximum atomic E-state index is 12.9. The Bertz CT molecular complexity index is 1490. The van der Waals surface area contributed by atoms with E-state index in [4.69, 9.17) is 34.2 Å². The van der Waals surface area contributed by atoms with E-state index in [1.807, 2.05) is 67.6 Å². The molecule has 3 aliphatic rings. The Labute approximate surface area is 307 Å². The number of ether oxygens (including phenoxy) is 6. The highest BCUT2D eigenvalue weighted by atomic mass is 16.7. The average molecular weight is 743 g/mol. The van der Waals surface area contributed by atoms with Gasteiger partial charge in [0.25, 0.3) is 0 Å². The molecule has 0 bridgehead atoms. The summed E-state index contributed by atoms with van der Waals surface area (Å²) in [5.41, 5.74) is 6.86. The molecular weight excluding hydrogens is 692 g/mol. The van der Waals surface area contributed by atoms with Gasteiger partial charge in [-0.1, -0.05) is 79.7 Å². The van der Waals surface area contributed by atoms with E-state index in [-0.39, 0.29) is 44.7 Å². The van der Waals surface area contributed by atoms with Crippen LogP contribution in [0.3, 0.4) is 0 Å². The fourth-order valence-electron chi connectivity index (χ4n) is 6.49. The van der Waals surface area contributed by atoms with Crippen molar-refractivity contribution in [3.63, 3.8) is 0 Å². The normalized spacial score (nSPS) is 31.1. The molecule has 11 unspecified atom stereocenters. The highest BCUT2D eigenvalue weighted by Crippen LogP contribution is 2.33. The third-order valence-corrected chi connectivity index (χ3v) is 9.23. The quantitative estimate of drug-likeness (QED) is 0.119. The van der Waals surface area contributed by atoms with Crippen molar-refractivity contribution in [1.82, 2.24) is 16.0 Å². The number of alkyl carbamates (subject to hydrolysis) is 2. The predicted molar refractivity (Wildman–Crippen MR) is 187 cm³/mol. The fraction of sp³-hybridized carbons (Fsp3) is 0.541. The first-order chi connectivity index (χ1) is 25.6. The third kappa shape index (κ3) is 11.9. The highest BCUT2D eigenvalue weighted by molar-refractivity contribution is 5.73. The molecule has 16 nitrogen and oxygen atoms in total. The van der Waals surface area contributed by atoms with E-state index in [1.165, 1.54) is 0 Å². The van der Waals surface area contributed by atoms with Crippen LogP contribution in [0.4, 0.5) is 9.59 Å². The van der Waals surface area contributed by atoms with E-state index in [0.717, 1.165) is 11.1 Å². The lowest BCUT2D eigenvalue weighted by atomic mass is 9.82. The molecule has 2 aromatic carbocycles. The molecule has 5 rings (SSSR count). The Morgan fingerprint density at radius 1 is 0.849 bits per heavy atom. The van der Waals surface area contributed by atoms with Crippen LogP contribution in [0, 0.1) is 5.92 Å². The lowest BCUT2D eigenvalue weighted by molar-refractivity contribution is -0.226. The van der Waals surface area contributed by atoms with Gasteiger partial charge in [-0.25, -0.2) is 9.59 Å². The van der Waals surface area contributed by atoms with Gasteiger partial charge >= 0.3 is 12.2 Å². The SMILES string of the molecule is CC1CC(NCCC(N)=O)C(O)C(OC2OC(CO)C(OC3OC(CNC(=O)OCc4ccccc4)C=CC3NC(=O)OCc3ccccc3)C2O)C1. The number of carbonyl (C=O) groups excluding carboxylic acids is 3. The monoisotopic (exact) mass is 742 g/mol. The lowest BCUT2D eigenvalue weighted by Crippen LogP contribution is -2.54. The van der Waals surface area contributed by atoms with Gasteiger partial charge in [0.1, 0.15) is 37.6 Å². The number of nitrogens with two attached hydrogens (primary N) is 1. The molecule has 1 saturated carbocycles. The number of hydrogen-bond acceptors (Lipinski definition) is 13. The molecule has 290 valence electrons. The van der Waals surface area contributed by atoms with E-state index in [1.54, 1.807) is 12.2 Å². The van der Waals surface area contributed by atoms with Gasteiger partial charge in [-0.3, -0.25) is 4.79 Å². The van der Waals surface area contributed by atoms with Gasteiger partial charge in [-0.05, 0) is 29.9 Å². The molecule has 53 heavy (non-hydrogen) atoms. The first-order valence-electron chi connectivity index (χ1n) is 17.8. The van der Waals surface area contributed by atoms with Crippen LogP contribution in [0.1, 0.15) is 37.3 Å². The molecular formula is C37H50N4O12. The van der Waals surface area contributed by atoms with Crippen LogP contribution in [-0.2, 0) is 46.4 Å². The first kappa shape index (κ1) is 40.1. The van der Waals surface area contributed by atoms with Gasteiger partial charge in [0, 0.05) is 19.0 Å². The molecule has 16 heteroatoms. The van der Waals surface area contributed by atoms with E-state index in [9.17, 15) is 29.7 Å². The second kappa shape index (κ2) is 19.8. The summed E-state index contributed by atoms with van der Waals surface area (Å²) in [6.07, 6.45) is -5.67. The lowest BCUT2D eigenvalue weighted by Gasteiger charge is -2.39. The third-order valence-electron chi connectivity index (χ3n) is 9.23. The van der Waals surface area contributed by atoms with Crippen LogP contribution in [0.2, 0.25) is 0 Å². The molecule has 2 fully saturated rings. The summed E-state index contributed by atoms with van der Waals surface area (Å²) >= 11 is 0. The van der Waals surface area contributed by atoms with Crippen molar-refractivity contribution in [2.24, 2.45) is 11.7 Å². The molecule has 11 atom stereocenters. The zero-order valence-electron chi connectivity index (χ0n) is 29.5. The van der Waals surface area contributed by atoms with Gasteiger partial charge < -0.3 is 65.4 Å². The van der Waals surface area contributed by atoms with Crippen LogP contribution in [0.15, 0.2) is 72.8 Å². The summed E-state index contributed by atoms with van der Waals surface area (Å²) in [7, 11) is 0. The summed E-state index contributed by atoms with van der Waals surface area (Å²) in [5, 5.41) is 41.3. The van der Waals surface area contributed by atoms with Crippen LogP contribution in [-0.4, -0.2) is 114 Å². The zero-order chi connectivity index (χ0) is 37.7. The second-order valence-electron chi connectivity index (χ2n) is 13.4. The van der Waals surface area contributed by atoms with Crippen LogP contribution in [0.5, 0.6) is 0 Å². The van der Waals surface area contributed by atoms with E-state index in [2.05, 4.69) is 16.0 Å². The smallest absolute Gasteiger partial charge is 0.408 e. The Balaban J connectivity index is 1.22. The van der Waals surface area contributed by atoms with Gasteiger partial charge in [0.15, 0.2) is 12.6 Å². The van der Waals surface area contributed by atoms with E-state index >= 15 is 0 Å². The molecule has 0 radical (unpaired) electrons. The first-order valence-corrected chi connectivity index (χ1v) is 17.8. The molecule has 3 amide bonds. The number of aliphatic hydroxyl groups excluding tert-OH is 3. The number of rotatable bonds is 16. The minimum atomic E-state index is -1.44. The second-order valence-corrected chi connectivity index (χ2v) is 13.4. The molecule has 0 aromatic heterocycles. The van der Waals surface area contributed by atoms with Crippen molar-refractivity contribution in [2.45, 2.75) is 101 Å². The zero-order valence-corrected chi connectivity index (χ0v) is 29.5. The topological polar surface area (TPSA) is 229 Å². The van der Waals surface area contributed by atoms with Gasteiger partial charge in [0.2, 0.25) is 5.91 Å². The van der Waals surface area contributed by atoms with Crippen LogP contribution >= 0.6 is 0 Å². The number of carbonyl (C=O) groups is 3. The van der Waals surface area contributed by atoms with Gasteiger partial charge in [-0.2, -0.15) is 0 Å². The van der Waals surface area contributed by atoms with Crippen molar-refractivity contribution < 1.29 is 58.1 Å². The molecule has 8 N–H and O–H groups in total. The molecule has 2 heterocycles. The Morgan fingerprint density at radius 2 is 1.51 bits per heavy atom. The summed E-state index contributed by atoms with van der Waals surface area (Å²) < 4.78 is 35.1. The van der Waals surface area contributed by atoms with Crippen molar-refractivity contribution in [2.75, 3.05) is 19.7 Å². The predicted octanol–water partition coefficient (Wildman–Crippen LogP) is 0.962. The van der Waals surface area contributed by atoms with Crippen LogP contribution < -0.4 is 21.7 Å². The Kier molecular flexibility index (Phi) is 15.0. The van der Waals surface area contributed by atoms with Gasteiger partial charge in [-0.15, -0.1) is 0 Å². The Morgan fingerprint density at radius 3 is 2.15 bits per heavy atom. The summed E-state index contributed by atoms with van der Waals surface area (Å²) in [4.78, 5) is 36.5. The number of aliphatic hydroxyl groups is 3. The summed E-state index contributed by atoms with van der Waals surface area (Å²) in [5.74, 6) is -0.333. The summed E-state index contributed by atoms with van der Waals surface area (Å²) in [6, 6.07) is 17.0.